The van der Waals surface area contributed by atoms with Crippen molar-refractivity contribution in [2.45, 2.75) is 10.9 Å². The van der Waals surface area contributed by atoms with Gasteiger partial charge in [-0.15, -0.1) is 11.8 Å². The van der Waals surface area contributed by atoms with Crippen molar-refractivity contribution >= 4 is 23.4 Å². The zero-order valence-electron chi connectivity index (χ0n) is 14.2. The number of amides is 1. The van der Waals surface area contributed by atoms with Gasteiger partial charge in [0.05, 0.1) is 6.54 Å². The summed E-state index contributed by atoms with van der Waals surface area (Å²) in [5, 5.41) is 6.28. The van der Waals surface area contributed by atoms with E-state index < -0.39 is 0 Å². The molecule has 132 valence electrons. The monoisotopic (exact) mass is 359 g/mol. The minimum Gasteiger partial charge on any atom is -0.325 e. The predicted molar refractivity (Wildman–Crippen MR) is 100 cm³/mol. The zero-order chi connectivity index (χ0) is 17.6. The quantitative estimate of drug-likeness (QED) is 0.805. The normalized spacial score (nSPS) is 18.1. The number of hydrogen-bond donors (Lipinski definition) is 2. The highest BCUT2D eigenvalue weighted by Crippen LogP contribution is 2.23. The number of benzene rings is 2. The van der Waals surface area contributed by atoms with Gasteiger partial charge in [-0.05, 0) is 42.2 Å². The van der Waals surface area contributed by atoms with E-state index in [4.69, 9.17) is 0 Å². The van der Waals surface area contributed by atoms with Crippen molar-refractivity contribution in [1.29, 1.82) is 0 Å². The van der Waals surface area contributed by atoms with Crippen LogP contribution in [0.25, 0.3) is 0 Å². The molecule has 2 N–H and O–H groups in total. The molecule has 1 fully saturated rings. The first-order chi connectivity index (χ1) is 12.2. The molecule has 0 radical (unpaired) electrons. The molecule has 3 rings (SSSR count). The maximum Gasteiger partial charge on any atom is 0.238 e. The van der Waals surface area contributed by atoms with Crippen LogP contribution in [0.15, 0.2) is 53.4 Å². The summed E-state index contributed by atoms with van der Waals surface area (Å²) in [4.78, 5) is 15.7. The van der Waals surface area contributed by atoms with Crippen molar-refractivity contribution in [3.05, 3.63) is 59.9 Å². The maximum atomic E-state index is 13.6. The van der Waals surface area contributed by atoms with Crippen LogP contribution in [0.1, 0.15) is 11.6 Å². The maximum absolute atomic E-state index is 13.6. The van der Waals surface area contributed by atoms with Crippen molar-refractivity contribution in [2.75, 3.05) is 37.8 Å². The molecule has 0 saturated carbocycles. The first kappa shape index (κ1) is 17.9. The third-order valence-electron chi connectivity index (χ3n) is 4.29. The van der Waals surface area contributed by atoms with Crippen LogP contribution in [0, 0.1) is 5.82 Å². The number of anilines is 1. The van der Waals surface area contributed by atoms with Gasteiger partial charge in [0.15, 0.2) is 0 Å². The molecular weight excluding hydrogens is 337 g/mol. The van der Waals surface area contributed by atoms with Crippen molar-refractivity contribution in [3.63, 3.8) is 0 Å². The molecule has 1 unspecified atom stereocenters. The molecule has 1 amide bonds. The van der Waals surface area contributed by atoms with Crippen molar-refractivity contribution in [1.82, 2.24) is 10.2 Å². The fourth-order valence-electron chi connectivity index (χ4n) is 3.06. The Kier molecular flexibility index (Phi) is 6.07. The van der Waals surface area contributed by atoms with Gasteiger partial charge in [-0.1, -0.05) is 18.2 Å². The topological polar surface area (TPSA) is 44.4 Å². The lowest BCUT2D eigenvalue weighted by Gasteiger charge is -2.36. The van der Waals surface area contributed by atoms with Crippen LogP contribution in [0.5, 0.6) is 0 Å². The first-order valence-electron chi connectivity index (χ1n) is 8.30. The number of halogens is 1. The molecular formula is C19H22FN3OS. The van der Waals surface area contributed by atoms with Gasteiger partial charge in [-0.25, -0.2) is 4.39 Å². The highest BCUT2D eigenvalue weighted by molar-refractivity contribution is 7.98. The Balaban J connectivity index is 1.67. The van der Waals surface area contributed by atoms with Crippen LogP contribution < -0.4 is 10.6 Å². The molecule has 0 spiro atoms. The average Bonchev–Trinajstić information content (AvgIpc) is 2.62. The first-order valence-corrected chi connectivity index (χ1v) is 9.52. The Hall–Kier alpha value is -1.89. The van der Waals surface area contributed by atoms with E-state index in [0.717, 1.165) is 29.2 Å². The molecule has 2 aromatic rings. The van der Waals surface area contributed by atoms with Crippen LogP contribution in [0.3, 0.4) is 0 Å². The summed E-state index contributed by atoms with van der Waals surface area (Å²) < 4.78 is 13.6. The van der Waals surface area contributed by atoms with Gasteiger partial charge in [0.25, 0.3) is 0 Å². The summed E-state index contributed by atoms with van der Waals surface area (Å²) in [6.07, 6.45) is 2.01. The minimum atomic E-state index is -0.249. The van der Waals surface area contributed by atoms with E-state index in [1.807, 2.05) is 36.6 Å². The molecule has 1 aliphatic rings. The SMILES string of the molecule is CSc1cccc(NC(=O)CN2CCNCC2c2cccc(F)c2)c1. The van der Waals surface area contributed by atoms with E-state index in [2.05, 4.69) is 15.5 Å². The molecule has 6 heteroatoms. The molecule has 0 aromatic heterocycles. The lowest BCUT2D eigenvalue weighted by Crippen LogP contribution is -2.48. The van der Waals surface area contributed by atoms with Crippen LogP contribution in [-0.2, 0) is 4.79 Å². The fourth-order valence-corrected chi connectivity index (χ4v) is 3.52. The number of hydrogen-bond acceptors (Lipinski definition) is 4. The Labute approximate surface area is 151 Å². The summed E-state index contributed by atoms with van der Waals surface area (Å²) in [5.74, 6) is -0.303. The summed E-state index contributed by atoms with van der Waals surface area (Å²) in [6, 6.07) is 14.4. The van der Waals surface area contributed by atoms with Crippen LogP contribution in [0.4, 0.5) is 10.1 Å². The van der Waals surface area contributed by atoms with Gasteiger partial charge in [-0.3, -0.25) is 9.69 Å². The molecule has 1 saturated heterocycles. The lowest BCUT2D eigenvalue weighted by molar-refractivity contribution is -0.118. The number of nitrogens with one attached hydrogen (secondary N) is 2. The van der Waals surface area contributed by atoms with Gasteiger partial charge in [0.1, 0.15) is 5.82 Å². The molecule has 1 aliphatic heterocycles. The average molecular weight is 359 g/mol. The lowest BCUT2D eigenvalue weighted by atomic mass is 10.0. The molecule has 0 aliphatic carbocycles. The van der Waals surface area contributed by atoms with E-state index in [0.29, 0.717) is 6.54 Å². The molecule has 25 heavy (non-hydrogen) atoms. The fraction of sp³-hybridized carbons (Fsp3) is 0.316. The van der Waals surface area contributed by atoms with Gasteiger partial charge in [0.2, 0.25) is 5.91 Å². The van der Waals surface area contributed by atoms with Crippen LogP contribution in [-0.4, -0.2) is 43.2 Å². The summed E-state index contributed by atoms with van der Waals surface area (Å²) in [7, 11) is 0. The number of carbonyl (C=O) groups is 1. The van der Waals surface area contributed by atoms with E-state index in [1.165, 1.54) is 6.07 Å². The highest BCUT2D eigenvalue weighted by atomic mass is 32.2. The summed E-state index contributed by atoms with van der Waals surface area (Å²) in [6.45, 7) is 2.56. The van der Waals surface area contributed by atoms with Gasteiger partial charge < -0.3 is 10.6 Å². The molecule has 1 atom stereocenters. The predicted octanol–water partition coefficient (Wildman–Crippen LogP) is 3.13. The van der Waals surface area contributed by atoms with E-state index in [9.17, 15) is 9.18 Å². The van der Waals surface area contributed by atoms with Gasteiger partial charge >= 0.3 is 0 Å². The minimum absolute atomic E-state index is 0.00673. The summed E-state index contributed by atoms with van der Waals surface area (Å²) in [5.41, 5.74) is 1.69. The molecule has 0 bridgehead atoms. The second kappa shape index (κ2) is 8.47. The van der Waals surface area contributed by atoms with Crippen molar-refractivity contribution in [3.8, 4) is 0 Å². The van der Waals surface area contributed by atoms with Crippen molar-refractivity contribution in [2.24, 2.45) is 0 Å². The molecule has 1 heterocycles. The van der Waals surface area contributed by atoms with Gasteiger partial charge in [0, 0.05) is 36.3 Å². The zero-order valence-corrected chi connectivity index (χ0v) is 15.0. The Bertz CT molecular complexity index is 740. The summed E-state index contributed by atoms with van der Waals surface area (Å²) >= 11 is 1.64. The third-order valence-corrected chi connectivity index (χ3v) is 5.01. The standard InChI is InChI=1S/C19H22FN3OS/c1-25-17-7-3-6-16(11-17)22-19(24)13-23-9-8-21-12-18(23)14-4-2-5-15(20)10-14/h2-7,10-11,18,21H,8-9,12-13H2,1H3,(H,22,24). The number of thioether (sulfide) groups is 1. The smallest absolute Gasteiger partial charge is 0.238 e. The number of carbonyl (C=O) groups excluding carboxylic acids is 1. The highest BCUT2D eigenvalue weighted by Gasteiger charge is 2.25. The molecule has 2 aromatic carbocycles. The Morgan fingerprint density at radius 3 is 2.96 bits per heavy atom. The van der Waals surface area contributed by atoms with E-state index >= 15 is 0 Å². The van der Waals surface area contributed by atoms with E-state index in [1.54, 1.807) is 23.9 Å². The largest absolute Gasteiger partial charge is 0.325 e. The second-order valence-electron chi connectivity index (χ2n) is 6.03. The van der Waals surface area contributed by atoms with Crippen molar-refractivity contribution < 1.29 is 9.18 Å². The number of nitrogens with zero attached hydrogens (tertiary/aromatic N) is 1. The molecule has 4 nitrogen and oxygen atoms in total. The van der Waals surface area contributed by atoms with E-state index in [-0.39, 0.29) is 24.3 Å². The Morgan fingerprint density at radius 1 is 1.32 bits per heavy atom. The van der Waals surface area contributed by atoms with Crippen LogP contribution in [0.2, 0.25) is 0 Å². The third kappa shape index (κ3) is 4.81. The van der Waals surface area contributed by atoms with Gasteiger partial charge in [-0.2, -0.15) is 0 Å². The number of rotatable bonds is 5. The second-order valence-corrected chi connectivity index (χ2v) is 6.91. The number of piperazine rings is 1. The van der Waals surface area contributed by atoms with Crippen LogP contribution >= 0.6 is 11.8 Å². The Morgan fingerprint density at radius 2 is 2.16 bits per heavy atom.